The largest absolute Gasteiger partial charge is 0.481 e. The van der Waals surface area contributed by atoms with Gasteiger partial charge in [-0.25, -0.2) is 0 Å². The normalized spacial score (nSPS) is 12.8. The number of hydrogen-bond donors (Lipinski definition) is 1. The summed E-state index contributed by atoms with van der Waals surface area (Å²) >= 11 is 0. The summed E-state index contributed by atoms with van der Waals surface area (Å²) in [5, 5.41) is 10.3. The first kappa shape index (κ1) is 12.6. The SMILES string of the molecule is CC(C)C(Cc1ccc2ccccc2n1)C(=O)O. The number of para-hydroxylation sites is 1. The fourth-order valence-electron chi connectivity index (χ4n) is 2.06. The predicted octanol–water partition coefficient (Wildman–Crippen LogP) is 3.13. The number of pyridine rings is 1. The first-order valence-electron chi connectivity index (χ1n) is 6.15. The molecule has 2 aromatic rings. The number of aliphatic carboxylic acids is 1. The molecular formula is C15H17NO2. The van der Waals surface area contributed by atoms with Crippen LogP contribution < -0.4 is 0 Å². The van der Waals surface area contributed by atoms with Gasteiger partial charge in [0.1, 0.15) is 0 Å². The summed E-state index contributed by atoms with van der Waals surface area (Å²) < 4.78 is 0. The Morgan fingerprint density at radius 3 is 2.61 bits per heavy atom. The zero-order chi connectivity index (χ0) is 13.1. The molecule has 1 aromatic carbocycles. The number of carbonyl (C=O) groups is 1. The molecule has 0 amide bonds. The monoisotopic (exact) mass is 243 g/mol. The van der Waals surface area contributed by atoms with Gasteiger partial charge in [-0.3, -0.25) is 9.78 Å². The lowest BCUT2D eigenvalue weighted by atomic mass is 9.91. The molecule has 0 bridgehead atoms. The van der Waals surface area contributed by atoms with Crippen LogP contribution in [0.25, 0.3) is 10.9 Å². The number of hydrogen-bond acceptors (Lipinski definition) is 2. The van der Waals surface area contributed by atoms with Crippen molar-refractivity contribution in [1.29, 1.82) is 0 Å². The van der Waals surface area contributed by atoms with Crippen LogP contribution in [-0.4, -0.2) is 16.1 Å². The minimum absolute atomic E-state index is 0.107. The van der Waals surface area contributed by atoms with Crippen LogP contribution in [0.5, 0.6) is 0 Å². The highest BCUT2D eigenvalue weighted by molar-refractivity contribution is 5.78. The second-order valence-corrected chi connectivity index (χ2v) is 4.89. The molecule has 0 aliphatic carbocycles. The molecule has 0 saturated heterocycles. The van der Waals surface area contributed by atoms with Gasteiger partial charge in [0.15, 0.2) is 0 Å². The van der Waals surface area contributed by atoms with E-state index in [0.717, 1.165) is 16.6 Å². The lowest BCUT2D eigenvalue weighted by Gasteiger charge is -2.15. The number of rotatable bonds is 4. The molecule has 2 rings (SSSR count). The van der Waals surface area contributed by atoms with E-state index in [1.165, 1.54) is 0 Å². The van der Waals surface area contributed by atoms with E-state index in [0.29, 0.717) is 6.42 Å². The number of benzene rings is 1. The molecule has 0 aliphatic heterocycles. The maximum atomic E-state index is 11.2. The third-order valence-electron chi connectivity index (χ3n) is 3.21. The predicted molar refractivity (Wildman–Crippen MR) is 71.4 cm³/mol. The zero-order valence-corrected chi connectivity index (χ0v) is 10.6. The van der Waals surface area contributed by atoms with Crippen molar-refractivity contribution in [2.75, 3.05) is 0 Å². The van der Waals surface area contributed by atoms with Gasteiger partial charge in [0.05, 0.1) is 11.4 Å². The molecule has 0 saturated carbocycles. The highest BCUT2D eigenvalue weighted by Crippen LogP contribution is 2.19. The van der Waals surface area contributed by atoms with Gasteiger partial charge in [0, 0.05) is 17.5 Å². The Kier molecular flexibility index (Phi) is 3.60. The van der Waals surface area contributed by atoms with Gasteiger partial charge in [-0.1, -0.05) is 38.1 Å². The maximum Gasteiger partial charge on any atom is 0.307 e. The van der Waals surface area contributed by atoms with E-state index in [1.54, 1.807) is 0 Å². The average Bonchev–Trinajstić information content (AvgIpc) is 2.35. The Morgan fingerprint density at radius 2 is 1.94 bits per heavy atom. The van der Waals surface area contributed by atoms with E-state index in [-0.39, 0.29) is 11.8 Å². The molecule has 0 radical (unpaired) electrons. The zero-order valence-electron chi connectivity index (χ0n) is 10.6. The van der Waals surface area contributed by atoms with Crippen molar-refractivity contribution in [2.24, 2.45) is 11.8 Å². The van der Waals surface area contributed by atoms with Gasteiger partial charge < -0.3 is 5.11 Å². The molecule has 1 N–H and O–H groups in total. The molecule has 0 spiro atoms. The number of aromatic nitrogens is 1. The minimum atomic E-state index is -0.750. The van der Waals surface area contributed by atoms with Crippen LogP contribution in [0.4, 0.5) is 0 Å². The Balaban J connectivity index is 2.28. The Bertz CT molecular complexity index is 563. The van der Waals surface area contributed by atoms with Crippen molar-refractivity contribution in [3.05, 3.63) is 42.1 Å². The van der Waals surface area contributed by atoms with Crippen molar-refractivity contribution in [2.45, 2.75) is 20.3 Å². The molecule has 94 valence electrons. The van der Waals surface area contributed by atoms with E-state index >= 15 is 0 Å². The molecule has 1 aromatic heterocycles. The molecule has 0 fully saturated rings. The van der Waals surface area contributed by atoms with E-state index in [2.05, 4.69) is 4.98 Å². The second kappa shape index (κ2) is 5.17. The smallest absolute Gasteiger partial charge is 0.307 e. The third-order valence-corrected chi connectivity index (χ3v) is 3.21. The van der Waals surface area contributed by atoms with Crippen molar-refractivity contribution in [3.63, 3.8) is 0 Å². The first-order valence-corrected chi connectivity index (χ1v) is 6.15. The Hall–Kier alpha value is -1.90. The van der Waals surface area contributed by atoms with E-state index < -0.39 is 5.97 Å². The van der Waals surface area contributed by atoms with Crippen molar-refractivity contribution >= 4 is 16.9 Å². The second-order valence-electron chi connectivity index (χ2n) is 4.89. The standard InChI is InChI=1S/C15H17NO2/c1-10(2)13(15(17)18)9-12-8-7-11-5-3-4-6-14(11)16-12/h3-8,10,13H,9H2,1-2H3,(H,17,18). The summed E-state index contributed by atoms with van der Waals surface area (Å²) in [4.78, 5) is 15.7. The number of carboxylic acids is 1. The van der Waals surface area contributed by atoms with E-state index in [9.17, 15) is 9.90 Å². The Morgan fingerprint density at radius 1 is 1.22 bits per heavy atom. The van der Waals surface area contributed by atoms with E-state index in [1.807, 2.05) is 50.2 Å². The van der Waals surface area contributed by atoms with Crippen LogP contribution in [0.15, 0.2) is 36.4 Å². The van der Waals surface area contributed by atoms with Gasteiger partial charge in [-0.2, -0.15) is 0 Å². The van der Waals surface area contributed by atoms with Crippen molar-refractivity contribution in [3.8, 4) is 0 Å². The van der Waals surface area contributed by atoms with Crippen LogP contribution in [0, 0.1) is 11.8 Å². The van der Waals surface area contributed by atoms with Crippen LogP contribution in [-0.2, 0) is 11.2 Å². The minimum Gasteiger partial charge on any atom is -0.481 e. The van der Waals surface area contributed by atoms with Gasteiger partial charge >= 0.3 is 5.97 Å². The first-order chi connectivity index (χ1) is 8.58. The molecule has 0 aliphatic rings. The average molecular weight is 243 g/mol. The summed E-state index contributed by atoms with van der Waals surface area (Å²) in [7, 11) is 0. The summed E-state index contributed by atoms with van der Waals surface area (Å²) in [6, 6.07) is 11.8. The summed E-state index contributed by atoms with van der Waals surface area (Å²) in [5.74, 6) is -1.02. The van der Waals surface area contributed by atoms with Gasteiger partial charge in [-0.15, -0.1) is 0 Å². The maximum absolute atomic E-state index is 11.2. The highest BCUT2D eigenvalue weighted by Gasteiger charge is 2.22. The number of fused-ring (bicyclic) bond motifs is 1. The molecule has 1 atom stereocenters. The summed E-state index contributed by atoms with van der Waals surface area (Å²) in [6.07, 6.45) is 0.484. The lowest BCUT2D eigenvalue weighted by Crippen LogP contribution is -2.22. The molecule has 1 heterocycles. The molecule has 1 unspecified atom stereocenters. The number of carboxylic acid groups (broad SMARTS) is 1. The molecule has 3 nitrogen and oxygen atoms in total. The van der Waals surface area contributed by atoms with Gasteiger partial charge in [0.25, 0.3) is 0 Å². The van der Waals surface area contributed by atoms with Crippen LogP contribution in [0.3, 0.4) is 0 Å². The van der Waals surface area contributed by atoms with Gasteiger partial charge in [-0.05, 0) is 18.1 Å². The van der Waals surface area contributed by atoms with Crippen LogP contribution in [0.2, 0.25) is 0 Å². The Labute approximate surface area is 106 Å². The summed E-state index contributed by atoms with van der Waals surface area (Å²) in [5.41, 5.74) is 1.76. The fourth-order valence-corrected chi connectivity index (χ4v) is 2.06. The van der Waals surface area contributed by atoms with Gasteiger partial charge in [0.2, 0.25) is 0 Å². The highest BCUT2D eigenvalue weighted by atomic mass is 16.4. The lowest BCUT2D eigenvalue weighted by molar-refractivity contribution is -0.143. The molecule has 18 heavy (non-hydrogen) atoms. The quantitative estimate of drug-likeness (QED) is 0.897. The third kappa shape index (κ3) is 2.67. The molecular weight excluding hydrogens is 226 g/mol. The summed E-state index contributed by atoms with van der Waals surface area (Å²) in [6.45, 7) is 3.86. The van der Waals surface area contributed by atoms with Crippen LogP contribution in [0.1, 0.15) is 19.5 Å². The fraction of sp³-hybridized carbons (Fsp3) is 0.333. The van der Waals surface area contributed by atoms with Crippen molar-refractivity contribution < 1.29 is 9.90 Å². The molecule has 3 heteroatoms. The van der Waals surface area contributed by atoms with E-state index in [4.69, 9.17) is 0 Å². The van der Waals surface area contributed by atoms with Crippen molar-refractivity contribution in [1.82, 2.24) is 4.98 Å². The number of nitrogens with zero attached hydrogens (tertiary/aromatic N) is 1. The van der Waals surface area contributed by atoms with Crippen LogP contribution >= 0.6 is 0 Å². The topological polar surface area (TPSA) is 50.2 Å².